The molecule has 0 spiro atoms. The van der Waals surface area contributed by atoms with E-state index in [9.17, 15) is 9.59 Å². The molecule has 0 amide bonds. The Labute approximate surface area is 126 Å². The Hall–Kier alpha value is -1.84. The average Bonchev–Trinajstić information content (AvgIpc) is 2.43. The second kappa shape index (κ2) is 9.16. The molecule has 0 aliphatic carbocycles. The summed E-state index contributed by atoms with van der Waals surface area (Å²) in [6, 6.07) is 6.95. The average molecular weight is 292 g/mol. The number of benzene rings is 1. The summed E-state index contributed by atoms with van der Waals surface area (Å²) >= 11 is 0. The van der Waals surface area contributed by atoms with E-state index in [0.717, 1.165) is 18.4 Å². The Morgan fingerprint density at radius 3 is 2.48 bits per heavy atom. The van der Waals surface area contributed by atoms with Gasteiger partial charge in [-0.1, -0.05) is 26.0 Å². The van der Waals surface area contributed by atoms with Gasteiger partial charge in [-0.25, -0.2) is 0 Å². The van der Waals surface area contributed by atoms with Crippen LogP contribution in [-0.4, -0.2) is 23.5 Å². The number of phenolic OH excluding ortho intramolecular Hbond substituents is 1. The summed E-state index contributed by atoms with van der Waals surface area (Å²) in [7, 11) is 0. The number of ether oxygens (including phenoxy) is 1. The lowest BCUT2D eigenvalue weighted by atomic mass is 10.0. The number of aromatic hydroxyl groups is 1. The van der Waals surface area contributed by atoms with Crippen LogP contribution < -0.4 is 0 Å². The zero-order valence-corrected chi connectivity index (χ0v) is 12.8. The van der Waals surface area contributed by atoms with Crippen molar-refractivity contribution < 1.29 is 19.4 Å². The smallest absolute Gasteiger partial charge is 0.313 e. The zero-order chi connectivity index (χ0) is 15.7. The minimum absolute atomic E-state index is 0.0489. The van der Waals surface area contributed by atoms with Crippen LogP contribution in [-0.2, 0) is 20.7 Å². The van der Waals surface area contributed by atoms with Crippen molar-refractivity contribution >= 4 is 11.8 Å². The highest BCUT2D eigenvalue weighted by Gasteiger charge is 2.11. The molecule has 0 radical (unpaired) electrons. The molecule has 0 aliphatic heterocycles. The monoisotopic (exact) mass is 292 g/mol. The summed E-state index contributed by atoms with van der Waals surface area (Å²) < 4.78 is 5.06. The molecule has 1 N–H and O–H groups in total. The van der Waals surface area contributed by atoms with E-state index in [-0.39, 0.29) is 18.0 Å². The fraction of sp³-hybridized carbons (Fsp3) is 0.529. The second-order valence-electron chi connectivity index (χ2n) is 5.64. The molecule has 1 rings (SSSR count). The fourth-order valence-electron chi connectivity index (χ4n) is 1.87. The van der Waals surface area contributed by atoms with Gasteiger partial charge in [0.1, 0.15) is 18.0 Å². The van der Waals surface area contributed by atoms with Gasteiger partial charge in [0.2, 0.25) is 0 Å². The zero-order valence-electron chi connectivity index (χ0n) is 12.8. The van der Waals surface area contributed by atoms with E-state index < -0.39 is 5.97 Å². The first-order chi connectivity index (χ1) is 9.97. The van der Waals surface area contributed by atoms with Gasteiger partial charge < -0.3 is 9.84 Å². The third-order valence-electron chi connectivity index (χ3n) is 3.15. The molecule has 0 heterocycles. The molecule has 4 heteroatoms. The molecule has 1 aromatic rings. The number of hydrogen-bond donors (Lipinski definition) is 1. The van der Waals surface area contributed by atoms with Gasteiger partial charge in [0.25, 0.3) is 0 Å². The predicted octanol–water partition coefficient (Wildman–Crippen LogP) is 3.26. The van der Waals surface area contributed by atoms with Crippen molar-refractivity contribution in [1.29, 1.82) is 0 Å². The van der Waals surface area contributed by atoms with E-state index in [0.29, 0.717) is 25.4 Å². The highest BCUT2D eigenvalue weighted by molar-refractivity contribution is 5.95. The van der Waals surface area contributed by atoms with Gasteiger partial charge in [0, 0.05) is 6.42 Å². The summed E-state index contributed by atoms with van der Waals surface area (Å²) in [6.45, 7) is 4.42. The van der Waals surface area contributed by atoms with E-state index in [1.165, 1.54) is 0 Å². The number of rotatable bonds is 9. The van der Waals surface area contributed by atoms with Gasteiger partial charge in [-0.3, -0.25) is 9.59 Å². The van der Waals surface area contributed by atoms with E-state index in [4.69, 9.17) is 9.84 Å². The lowest BCUT2D eigenvalue weighted by Gasteiger charge is -2.06. The van der Waals surface area contributed by atoms with Gasteiger partial charge in [0.05, 0.1) is 6.61 Å². The summed E-state index contributed by atoms with van der Waals surface area (Å²) in [5.41, 5.74) is 1.08. The van der Waals surface area contributed by atoms with Crippen molar-refractivity contribution in [3.8, 4) is 5.75 Å². The maximum Gasteiger partial charge on any atom is 0.313 e. The number of esters is 1. The first kappa shape index (κ1) is 17.2. The van der Waals surface area contributed by atoms with Crippen LogP contribution in [0.15, 0.2) is 24.3 Å². The molecule has 21 heavy (non-hydrogen) atoms. The van der Waals surface area contributed by atoms with E-state index in [2.05, 4.69) is 13.8 Å². The van der Waals surface area contributed by atoms with Crippen LogP contribution in [0.1, 0.15) is 45.1 Å². The number of carbonyl (C=O) groups is 2. The summed E-state index contributed by atoms with van der Waals surface area (Å²) in [6.07, 6.45) is 2.62. The van der Waals surface area contributed by atoms with Crippen molar-refractivity contribution in [2.45, 2.75) is 46.0 Å². The standard InChI is InChI=1S/C17H24O4/c1-13(2)5-8-16(19)12-17(20)21-11-3-4-14-6-9-15(18)10-7-14/h6-7,9-10,13,18H,3-5,8,11-12H2,1-2H3. The molecule has 0 saturated carbocycles. The van der Waals surface area contributed by atoms with Gasteiger partial charge in [-0.05, 0) is 42.9 Å². The molecule has 116 valence electrons. The van der Waals surface area contributed by atoms with Crippen molar-refractivity contribution in [1.82, 2.24) is 0 Å². The molecule has 0 saturated heterocycles. The number of ketones is 1. The highest BCUT2D eigenvalue weighted by atomic mass is 16.5. The quantitative estimate of drug-likeness (QED) is 0.431. The third kappa shape index (κ3) is 8.12. The number of aryl methyl sites for hydroxylation is 1. The molecule has 0 fully saturated rings. The van der Waals surface area contributed by atoms with Crippen molar-refractivity contribution in [2.75, 3.05) is 6.61 Å². The lowest BCUT2D eigenvalue weighted by Crippen LogP contribution is -2.12. The van der Waals surface area contributed by atoms with Crippen LogP contribution in [0.5, 0.6) is 5.75 Å². The molecule has 4 nitrogen and oxygen atoms in total. The minimum Gasteiger partial charge on any atom is -0.508 e. The molecular weight excluding hydrogens is 268 g/mol. The highest BCUT2D eigenvalue weighted by Crippen LogP contribution is 2.11. The Morgan fingerprint density at radius 1 is 1.19 bits per heavy atom. The van der Waals surface area contributed by atoms with Crippen LogP contribution in [0.2, 0.25) is 0 Å². The topological polar surface area (TPSA) is 63.6 Å². The Kier molecular flexibility index (Phi) is 7.51. The van der Waals surface area contributed by atoms with Crippen molar-refractivity contribution in [2.24, 2.45) is 5.92 Å². The van der Waals surface area contributed by atoms with E-state index >= 15 is 0 Å². The fourth-order valence-corrected chi connectivity index (χ4v) is 1.87. The van der Waals surface area contributed by atoms with Crippen LogP contribution >= 0.6 is 0 Å². The number of hydrogen-bond acceptors (Lipinski definition) is 4. The number of Topliss-reactive ketones (excluding diaryl/α,β-unsaturated/α-hetero) is 1. The first-order valence-corrected chi connectivity index (χ1v) is 7.42. The van der Waals surface area contributed by atoms with Crippen molar-refractivity contribution in [3.63, 3.8) is 0 Å². The van der Waals surface area contributed by atoms with Crippen LogP contribution in [0, 0.1) is 5.92 Å². The van der Waals surface area contributed by atoms with Crippen LogP contribution in [0.25, 0.3) is 0 Å². The molecule has 1 aromatic carbocycles. The molecule has 0 unspecified atom stereocenters. The van der Waals surface area contributed by atoms with Crippen LogP contribution in [0.4, 0.5) is 0 Å². The molecule has 0 atom stereocenters. The Bertz CT molecular complexity index is 448. The molecular formula is C17H24O4. The van der Waals surface area contributed by atoms with Crippen LogP contribution in [0.3, 0.4) is 0 Å². The first-order valence-electron chi connectivity index (χ1n) is 7.42. The Balaban J connectivity index is 2.13. The predicted molar refractivity (Wildman–Crippen MR) is 81.1 cm³/mol. The van der Waals surface area contributed by atoms with E-state index in [1.807, 2.05) is 12.1 Å². The normalized spacial score (nSPS) is 10.6. The van der Waals surface area contributed by atoms with E-state index in [1.54, 1.807) is 12.1 Å². The van der Waals surface area contributed by atoms with Gasteiger partial charge in [-0.2, -0.15) is 0 Å². The van der Waals surface area contributed by atoms with Crippen molar-refractivity contribution in [3.05, 3.63) is 29.8 Å². The summed E-state index contributed by atoms with van der Waals surface area (Å²) in [4.78, 5) is 23.0. The minimum atomic E-state index is -0.436. The largest absolute Gasteiger partial charge is 0.508 e. The number of phenols is 1. The molecule has 0 bridgehead atoms. The Morgan fingerprint density at radius 2 is 1.86 bits per heavy atom. The maximum atomic E-state index is 11.5. The molecule has 0 aliphatic rings. The summed E-state index contributed by atoms with van der Waals surface area (Å²) in [5, 5.41) is 9.16. The molecule has 0 aromatic heterocycles. The van der Waals surface area contributed by atoms with Gasteiger partial charge in [0.15, 0.2) is 0 Å². The SMILES string of the molecule is CC(C)CCC(=O)CC(=O)OCCCc1ccc(O)cc1. The van der Waals surface area contributed by atoms with Gasteiger partial charge >= 0.3 is 5.97 Å². The summed E-state index contributed by atoms with van der Waals surface area (Å²) in [5.74, 6) is 0.224. The third-order valence-corrected chi connectivity index (χ3v) is 3.15. The van der Waals surface area contributed by atoms with Gasteiger partial charge in [-0.15, -0.1) is 0 Å². The lowest BCUT2D eigenvalue weighted by molar-refractivity contribution is -0.146. The second-order valence-corrected chi connectivity index (χ2v) is 5.64. The maximum absolute atomic E-state index is 11.5. The number of carbonyl (C=O) groups excluding carboxylic acids is 2.